The first kappa shape index (κ1) is 17.6. The summed E-state index contributed by atoms with van der Waals surface area (Å²) in [6.07, 6.45) is 4.02. The van der Waals surface area contributed by atoms with Crippen LogP contribution in [0.3, 0.4) is 0 Å². The van der Waals surface area contributed by atoms with Crippen molar-refractivity contribution in [3.63, 3.8) is 0 Å². The fourth-order valence-electron chi connectivity index (χ4n) is 3.98. The maximum absolute atomic E-state index is 12.9. The SMILES string of the molecule is Cc1csc(C2CCN(C(=O)c3nnn(C4CCNCC4)c3C)CC2)n1. The standard InChI is InChI=1S/C18H26N6OS/c1-12-11-26-17(20-12)14-5-9-23(10-6-14)18(25)16-13(2)24(22-21-16)15-3-7-19-8-4-15/h11,14-15,19H,3-10H2,1-2H3. The second-order valence-corrected chi connectivity index (χ2v) is 8.23. The first-order valence-electron chi connectivity index (χ1n) is 9.47. The van der Waals surface area contributed by atoms with Crippen molar-refractivity contribution < 1.29 is 4.79 Å². The maximum atomic E-state index is 12.9. The molecule has 0 bridgehead atoms. The van der Waals surface area contributed by atoms with E-state index in [9.17, 15) is 4.79 Å². The minimum Gasteiger partial charge on any atom is -0.337 e. The quantitative estimate of drug-likeness (QED) is 0.892. The van der Waals surface area contributed by atoms with Crippen molar-refractivity contribution in [2.75, 3.05) is 26.2 Å². The van der Waals surface area contributed by atoms with Crippen molar-refractivity contribution in [3.05, 3.63) is 27.5 Å². The van der Waals surface area contributed by atoms with Crippen LogP contribution in [0.25, 0.3) is 0 Å². The van der Waals surface area contributed by atoms with E-state index in [1.807, 2.05) is 23.4 Å². The van der Waals surface area contributed by atoms with Crippen molar-refractivity contribution in [3.8, 4) is 0 Å². The molecule has 1 N–H and O–H groups in total. The molecule has 4 heterocycles. The number of carbonyl (C=O) groups is 1. The fourth-order valence-corrected chi connectivity index (χ4v) is 4.94. The van der Waals surface area contributed by atoms with Gasteiger partial charge in [-0.1, -0.05) is 5.21 Å². The lowest BCUT2D eigenvalue weighted by Crippen LogP contribution is -2.38. The Labute approximate surface area is 157 Å². The molecule has 2 saturated heterocycles. The van der Waals surface area contributed by atoms with Crippen LogP contribution in [0.2, 0.25) is 0 Å². The van der Waals surface area contributed by atoms with Crippen molar-refractivity contribution in [1.82, 2.24) is 30.2 Å². The Morgan fingerprint density at radius 2 is 1.92 bits per heavy atom. The lowest BCUT2D eigenvalue weighted by Gasteiger charge is -2.30. The van der Waals surface area contributed by atoms with E-state index in [1.54, 1.807) is 11.3 Å². The van der Waals surface area contributed by atoms with Gasteiger partial charge in [0.15, 0.2) is 5.69 Å². The van der Waals surface area contributed by atoms with Gasteiger partial charge in [0.1, 0.15) is 0 Å². The number of likely N-dealkylation sites (tertiary alicyclic amines) is 1. The number of carbonyl (C=O) groups excluding carboxylic acids is 1. The highest BCUT2D eigenvalue weighted by atomic mass is 32.1. The highest BCUT2D eigenvalue weighted by Crippen LogP contribution is 2.31. The Hall–Kier alpha value is -1.80. The minimum atomic E-state index is 0.0245. The smallest absolute Gasteiger partial charge is 0.276 e. The molecule has 140 valence electrons. The van der Waals surface area contributed by atoms with Crippen LogP contribution in [-0.2, 0) is 0 Å². The molecule has 0 aromatic carbocycles. The van der Waals surface area contributed by atoms with Gasteiger partial charge in [0.2, 0.25) is 0 Å². The van der Waals surface area contributed by atoms with E-state index in [2.05, 4.69) is 26.0 Å². The van der Waals surface area contributed by atoms with Gasteiger partial charge in [0.25, 0.3) is 5.91 Å². The number of hydrogen-bond donors (Lipinski definition) is 1. The highest BCUT2D eigenvalue weighted by molar-refractivity contribution is 7.09. The molecule has 1 amide bonds. The number of rotatable bonds is 3. The molecule has 0 atom stereocenters. The lowest BCUT2D eigenvalue weighted by atomic mass is 9.97. The summed E-state index contributed by atoms with van der Waals surface area (Å²) in [5.41, 5.74) is 2.51. The van der Waals surface area contributed by atoms with Crippen molar-refractivity contribution in [2.24, 2.45) is 0 Å². The molecule has 2 aliphatic rings. The monoisotopic (exact) mass is 374 g/mol. The highest BCUT2D eigenvalue weighted by Gasteiger charge is 2.30. The van der Waals surface area contributed by atoms with Crippen LogP contribution in [0.1, 0.15) is 64.5 Å². The predicted molar refractivity (Wildman–Crippen MR) is 101 cm³/mol. The van der Waals surface area contributed by atoms with E-state index in [0.29, 0.717) is 17.7 Å². The van der Waals surface area contributed by atoms with Crippen LogP contribution < -0.4 is 5.32 Å². The van der Waals surface area contributed by atoms with Crippen molar-refractivity contribution in [2.45, 2.75) is 51.5 Å². The zero-order valence-corrected chi connectivity index (χ0v) is 16.3. The first-order valence-corrected chi connectivity index (χ1v) is 10.3. The number of amides is 1. The Balaban J connectivity index is 1.41. The lowest BCUT2D eigenvalue weighted by molar-refractivity contribution is 0.0706. The fraction of sp³-hybridized carbons (Fsp3) is 0.667. The molecule has 2 fully saturated rings. The summed E-state index contributed by atoms with van der Waals surface area (Å²) in [7, 11) is 0. The number of nitrogens with zero attached hydrogens (tertiary/aromatic N) is 5. The zero-order valence-electron chi connectivity index (χ0n) is 15.4. The van der Waals surface area contributed by atoms with Crippen LogP contribution in [0, 0.1) is 13.8 Å². The van der Waals surface area contributed by atoms with Crippen LogP contribution >= 0.6 is 11.3 Å². The van der Waals surface area contributed by atoms with Crippen LogP contribution in [0.5, 0.6) is 0 Å². The van der Waals surface area contributed by atoms with Crippen molar-refractivity contribution in [1.29, 1.82) is 0 Å². The van der Waals surface area contributed by atoms with E-state index < -0.39 is 0 Å². The number of nitrogens with one attached hydrogen (secondary N) is 1. The molecule has 2 aromatic rings. The van der Waals surface area contributed by atoms with Gasteiger partial charge in [0, 0.05) is 30.1 Å². The number of aromatic nitrogens is 4. The Kier molecular flexibility index (Phi) is 5.04. The molecule has 7 nitrogen and oxygen atoms in total. The van der Waals surface area contributed by atoms with Gasteiger partial charge in [-0.05, 0) is 52.6 Å². The van der Waals surface area contributed by atoms with E-state index in [0.717, 1.165) is 63.3 Å². The summed E-state index contributed by atoms with van der Waals surface area (Å²) < 4.78 is 1.96. The largest absolute Gasteiger partial charge is 0.337 e. The minimum absolute atomic E-state index is 0.0245. The summed E-state index contributed by atoms with van der Waals surface area (Å²) in [6.45, 7) is 7.53. The normalized spacial score (nSPS) is 19.8. The van der Waals surface area contributed by atoms with Crippen LogP contribution in [0.4, 0.5) is 0 Å². The topological polar surface area (TPSA) is 75.9 Å². The number of piperidine rings is 2. The van der Waals surface area contributed by atoms with E-state index in [4.69, 9.17) is 0 Å². The van der Waals surface area contributed by atoms with Gasteiger partial charge >= 0.3 is 0 Å². The van der Waals surface area contributed by atoms with Crippen molar-refractivity contribution >= 4 is 17.2 Å². The van der Waals surface area contributed by atoms with Gasteiger partial charge in [0.05, 0.1) is 16.7 Å². The summed E-state index contributed by atoms with van der Waals surface area (Å²) in [4.78, 5) is 19.5. The second-order valence-electron chi connectivity index (χ2n) is 7.34. The summed E-state index contributed by atoms with van der Waals surface area (Å²) in [6, 6.07) is 0.351. The number of hydrogen-bond acceptors (Lipinski definition) is 6. The van der Waals surface area contributed by atoms with Gasteiger partial charge in [-0.2, -0.15) is 0 Å². The third kappa shape index (κ3) is 3.40. The molecular formula is C18H26N6OS. The molecule has 2 aliphatic heterocycles. The predicted octanol–water partition coefficient (Wildman–Crippen LogP) is 2.30. The molecule has 0 saturated carbocycles. The third-order valence-electron chi connectivity index (χ3n) is 5.55. The third-order valence-corrected chi connectivity index (χ3v) is 6.68. The number of thiazole rings is 1. The summed E-state index contributed by atoms with van der Waals surface area (Å²) in [5, 5.41) is 15.2. The van der Waals surface area contributed by atoms with Gasteiger partial charge in [-0.15, -0.1) is 16.4 Å². The summed E-state index contributed by atoms with van der Waals surface area (Å²) >= 11 is 1.74. The first-order chi connectivity index (χ1) is 12.6. The van der Waals surface area contributed by atoms with Crippen LogP contribution in [0.15, 0.2) is 5.38 Å². The molecule has 0 unspecified atom stereocenters. The molecular weight excluding hydrogens is 348 g/mol. The van der Waals surface area contributed by atoms with E-state index in [1.165, 1.54) is 5.01 Å². The molecule has 26 heavy (non-hydrogen) atoms. The molecule has 0 spiro atoms. The Morgan fingerprint density at radius 3 is 2.58 bits per heavy atom. The second kappa shape index (κ2) is 7.44. The van der Waals surface area contributed by atoms with Gasteiger partial charge in [-0.25, -0.2) is 9.67 Å². The zero-order chi connectivity index (χ0) is 18.1. The van der Waals surface area contributed by atoms with E-state index in [-0.39, 0.29) is 5.91 Å². The molecule has 0 aliphatic carbocycles. The van der Waals surface area contributed by atoms with Crippen LogP contribution in [-0.4, -0.2) is 57.0 Å². The van der Waals surface area contributed by atoms with Gasteiger partial charge < -0.3 is 10.2 Å². The summed E-state index contributed by atoms with van der Waals surface area (Å²) in [5.74, 6) is 0.501. The number of aryl methyl sites for hydroxylation is 1. The molecule has 2 aromatic heterocycles. The molecule has 4 rings (SSSR count). The Bertz CT molecular complexity index is 770. The average Bonchev–Trinajstić information content (AvgIpc) is 3.28. The maximum Gasteiger partial charge on any atom is 0.276 e. The van der Waals surface area contributed by atoms with Gasteiger partial charge in [-0.3, -0.25) is 4.79 Å². The molecule has 0 radical (unpaired) electrons. The molecule has 8 heteroatoms. The average molecular weight is 375 g/mol. The van der Waals surface area contributed by atoms with E-state index >= 15 is 0 Å². The Morgan fingerprint density at radius 1 is 1.19 bits per heavy atom.